The van der Waals surface area contributed by atoms with Crippen molar-refractivity contribution in [3.63, 3.8) is 0 Å². The summed E-state index contributed by atoms with van der Waals surface area (Å²) < 4.78 is 5.25. The molecule has 2 aromatic rings. The highest BCUT2D eigenvalue weighted by atomic mass is 32.2. The van der Waals surface area contributed by atoms with Gasteiger partial charge in [-0.2, -0.15) is 0 Å². The first-order valence-corrected chi connectivity index (χ1v) is 9.52. The second-order valence-electron chi connectivity index (χ2n) is 6.16. The van der Waals surface area contributed by atoms with Crippen LogP contribution in [0.3, 0.4) is 0 Å². The number of nitrogens with zero attached hydrogens (tertiary/aromatic N) is 1. The predicted octanol–water partition coefficient (Wildman–Crippen LogP) is 3.01. The number of hydrogen-bond donors (Lipinski definition) is 1. The molecule has 0 spiro atoms. The van der Waals surface area contributed by atoms with Gasteiger partial charge in [-0.3, -0.25) is 14.4 Å². The third kappa shape index (κ3) is 4.31. The quantitative estimate of drug-likeness (QED) is 0.775. The number of aryl methyl sites for hydroxylation is 1. The van der Waals surface area contributed by atoms with Crippen LogP contribution in [0.1, 0.15) is 12.0 Å². The minimum absolute atomic E-state index is 0.0728. The van der Waals surface area contributed by atoms with E-state index < -0.39 is 5.25 Å². The van der Waals surface area contributed by atoms with Gasteiger partial charge in [0.25, 0.3) is 0 Å². The predicted molar refractivity (Wildman–Crippen MR) is 106 cm³/mol. The van der Waals surface area contributed by atoms with Crippen LogP contribution in [0.4, 0.5) is 11.4 Å². The second-order valence-corrected chi connectivity index (χ2v) is 7.35. The highest BCUT2D eigenvalue weighted by Crippen LogP contribution is 2.30. The summed E-state index contributed by atoms with van der Waals surface area (Å²) in [7, 11) is 1.54. The molecule has 7 heteroatoms. The Morgan fingerprint density at radius 3 is 2.67 bits per heavy atom. The number of amides is 3. The molecule has 0 radical (unpaired) electrons. The number of imide groups is 1. The molecular formula is C20H20N2O4S. The molecule has 1 saturated heterocycles. The number of benzene rings is 2. The SMILES string of the molecule is COc1ccc(C)cc1NC(=O)CS[C@@H]1CC(=O)N(c2ccccc2)C1=O. The van der Waals surface area contributed by atoms with Crippen LogP contribution in [0.5, 0.6) is 5.75 Å². The fraction of sp³-hybridized carbons (Fsp3) is 0.250. The summed E-state index contributed by atoms with van der Waals surface area (Å²) >= 11 is 1.17. The number of hydrogen-bond acceptors (Lipinski definition) is 5. The lowest BCUT2D eigenvalue weighted by Gasteiger charge is -2.15. The molecule has 1 heterocycles. The van der Waals surface area contributed by atoms with Crippen molar-refractivity contribution in [3.8, 4) is 5.75 Å². The van der Waals surface area contributed by atoms with Crippen molar-refractivity contribution >= 4 is 40.9 Å². The molecule has 0 aliphatic carbocycles. The van der Waals surface area contributed by atoms with E-state index in [9.17, 15) is 14.4 Å². The zero-order valence-electron chi connectivity index (χ0n) is 15.1. The third-order valence-electron chi connectivity index (χ3n) is 4.16. The number of anilines is 2. The fourth-order valence-corrected chi connectivity index (χ4v) is 3.80. The van der Waals surface area contributed by atoms with E-state index in [2.05, 4.69) is 5.32 Å². The lowest BCUT2D eigenvalue weighted by Crippen LogP contribution is -2.31. The van der Waals surface area contributed by atoms with E-state index in [-0.39, 0.29) is 29.9 Å². The first-order chi connectivity index (χ1) is 13.0. The monoisotopic (exact) mass is 384 g/mol. The van der Waals surface area contributed by atoms with Gasteiger partial charge in [0, 0.05) is 6.42 Å². The number of carbonyl (C=O) groups excluding carboxylic acids is 3. The number of ether oxygens (including phenoxy) is 1. The van der Waals surface area contributed by atoms with E-state index >= 15 is 0 Å². The Bertz CT molecular complexity index is 870. The summed E-state index contributed by atoms with van der Waals surface area (Å²) in [6, 6.07) is 14.3. The van der Waals surface area contributed by atoms with Gasteiger partial charge in [-0.25, -0.2) is 4.90 Å². The third-order valence-corrected chi connectivity index (χ3v) is 5.36. The van der Waals surface area contributed by atoms with Crippen molar-refractivity contribution in [3.05, 3.63) is 54.1 Å². The van der Waals surface area contributed by atoms with Gasteiger partial charge in [-0.15, -0.1) is 11.8 Å². The molecule has 0 aromatic heterocycles. The Labute approximate surface area is 161 Å². The van der Waals surface area contributed by atoms with Gasteiger partial charge in [0.2, 0.25) is 17.7 Å². The molecule has 1 aliphatic heterocycles. The zero-order chi connectivity index (χ0) is 19.4. The van der Waals surface area contributed by atoms with Crippen LogP contribution in [0.15, 0.2) is 48.5 Å². The minimum Gasteiger partial charge on any atom is -0.495 e. The summed E-state index contributed by atoms with van der Waals surface area (Å²) in [6.07, 6.45) is 0.0967. The van der Waals surface area contributed by atoms with Gasteiger partial charge in [0.05, 0.1) is 29.5 Å². The van der Waals surface area contributed by atoms with Crippen LogP contribution in [0.2, 0.25) is 0 Å². The first kappa shape index (κ1) is 19.0. The van der Waals surface area contributed by atoms with E-state index in [4.69, 9.17) is 4.74 Å². The van der Waals surface area contributed by atoms with Crippen molar-refractivity contribution < 1.29 is 19.1 Å². The lowest BCUT2D eigenvalue weighted by atomic mass is 10.2. The minimum atomic E-state index is -0.553. The van der Waals surface area contributed by atoms with Gasteiger partial charge < -0.3 is 10.1 Å². The normalized spacial score (nSPS) is 16.5. The van der Waals surface area contributed by atoms with Gasteiger partial charge in [0.15, 0.2) is 0 Å². The molecule has 0 bridgehead atoms. The summed E-state index contributed by atoms with van der Waals surface area (Å²) in [5, 5.41) is 2.25. The number of thioether (sulfide) groups is 1. The topological polar surface area (TPSA) is 75.7 Å². The zero-order valence-corrected chi connectivity index (χ0v) is 15.9. The summed E-state index contributed by atoms with van der Waals surface area (Å²) in [5.41, 5.74) is 2.14. The Morgan fingerprint density at radius 1 is 1.22 bits per heavy atom. The van der Waals surface area contributed by atoms with Crippen LogP contribution >= 0.6 is 11.8 Å². The van der Waals surface area contributed by atoms with Gasteiger partial charge in [-0.05, 0) is 36.8 Å². The maximum absolute atomic E-state index is 12.6. The van der Waals surface area contributed by atoms with Gasteiger partial charge in [-0.1, -0.05) is 24.3 Å². The van der Waals surface area contributed by atoms with Gasteiger partial charge >= 0.3 is 0 Å². The van der Waals surface area contributed by atoms with E-state index in [0.29, 0.717) is 17.1 Å². The van der Waals surface area contributed by atoms with Crippen LogP contribution in [-0.2, 0) is 14.4 Å². The number of rotatable bonds is 6. The Morgan fingerprint density at radius 2 is 1.96 bits per heavy atom. The molecule has 0 unspecified atom stereocenters. The van der Waals surface area contributed by atoms with E-state index in [1.54, 1.807) is 30.3 Å². The highest BCUT2D eigenvalue weighted by Gasteiger charge is 2.39. The molecule has 1 fully saturated rings. The molecule has 3 rings (SSSR count). The van der Waals surface area contributed by atoms with Crippen LogP contribution in [0.25, 0.3) is 0 Å². The molecule has 3 amide bonds. The number of para-hydroxylation sites is 1. The molecule has 1 atom stereocenters. The largest absolute Gasteiger partial charge is 0.495 e. The average Bonchev–Trinajstić information content (AvgIpc) is 2.94. The Balaban J connectivity index is 1.60. The van der Waals surface area contributed by atoms with Gasteiger partial charge in [0.1, 0.15) is 5.75 Å². The average molecular weight is 384 g/mol. The van der Waals surface area contributed by atoms with E-state index in [1.807, 2.05) is 25.1 Å². The van der Waals surface area contributed by atoms with E-state index in [0.717, 1.165) is 5.56 Å². The van der Waals surface area contributed by atoms with Crippen LogP contribution in [0, 0.1) is 6.92 Å². The molecule has 2 aromatic carbocycles. The maximum Gasteiger partial charge on any atom is 0.247 e. The van der Waals surface area contributed by atoms with Crippen molar-refractivity contribution in [1.82, 2.24) is 0 Å². The van der Waals surface area contributed by atoms with Crippen molar-refractivity contribution in [2.75, 3.05) is 23.1 Å². The molecule has 1 N–H and O–H groups in total. The Kier molecular flexibility index (Phi) is 5.81. The van der Waals surface area contributed by atoms with Crippen LogP contribution in [-0.4, -0.2) is 35.8 Å². The number of carbonyl (C=O) groups is 3. The smallest absolute Gasteiger partial charge is 0.247 e. The van der Waals surface area contributed by atoms with E-state index in [1.165, 1.54) is 23.8 Å². The molecule has 0 saturated carbocycles. The standard InChI is InChI=1S/C20H20N2O4S/c1-13-8-9-16(26-2)15(10-13)21-18(23)12-27-17-11-19(24)22(20(17)25)14-6-4-3-5-7-14/h3-10,17H,11-12H2,1-2H3,(H,21,23)/t17-/m1/s1. The molecule has 140 valence electrons. The number of methoxy groups -OCH3 is 1. The lowest BCUT2D eigenvalue weighted by molar-refractivity contribution is -0.121. The molecular weight excluding hydrogens is 364 g/mol. The molecule has 6 nitrogen and oxygen atoms in total. The Hall–Kier alpha value is -2.80. The molecule has 1 aliphatic rings. The maximum atomic E-state index is 12.6. The van der Waals surface area contributed by atoms with Crippen molar-refractivity contribution in [1.29, 1.82) is 0 Å². The first-order valence-electron chi connectivity index (χ1n) is 8.47. The second kappa shape index (κ2) is 8.26. The van der Waals surface area contributed by atoms with Crippen molar-refractivity contribution in [2.45, 2.75) is 18.6 Å². The summed E-state index contributed by atoms with van der Waals surface area (Å²) in [4.78, 5) is 38.3. The van der Waals surface area contributed by atoms with Crippen LogP contribution < -0.4 is 15.0 Å². The number of nitrogens with one attached hydrogen (secondary N) is 1. The fourth-order valence-electron chi connectivity index (χ4n) is 2.86. The highest BCUT2D eigenvalue weighted by molar-refractivity contribution is 8.01. The summed E-state index contributed by atoms with van der Waals surface area (Å²) in [6.45, 7) is 1.92. The van der Waals surface area contributed by atoms with Crippen molar-refractivity contribution in [2.24, 2.45) is 0 Å². The summed E-state index contributed by atoms with van der Waals surface area (Å²) in [5.74, 6) is -0.131. The molecule has 27 heavy (non-hydrogen) atoms.